The number of hydrogen-bond donors (Lipinski definition) is 0. The number of hydrogen-bond acceptors (Lipinski definition) is 5. The zero-order valence-corrected chi connectivity index (χ0v) is 21.9. The number of nitrogens with zero attached hydrogens (tertiary/aromatic N) is 8. The summed E-state index contributed by atoms with van der Waals surface area (Å²) in [5, 5.41) is 11.1. The van der Waals surface area contributed by atoms with E-state index < -0.39 is 5.41 Å². The molecule has 0 saturated heterocycles. The molecule has 6 aromatic rings. The summed E-state index contributed by atoms with van der Waals surface area (Å²) in [5.74, 6) is 1.19. The summed E-state index contributed by atoms with van der Waals surface area (Å²) in [5.41, 5.74) is 3.62. The van der Waals surface area contributed by atoms with Gasteiger partial charge in [0.05, 0.1) is 41.1 Å². The third-order valence-corrected chi connectivity index (χ3v) is 6.52. The molecule has 0 amide bonds. The zero-order chi connectivity index (χ0) is 25.6. The molecule has 6 rings (SSSR count). The fraction of sp³-hybridized carbons (Fsp3) is 0.103. The van der Waals surface area contributed by atoms with Crippen LogP contribution in [0.3, 0.4) is 0 Å². The van der Waals surface area contributed by atoms with Crippen LogP contribution in [0.15, 0.2) is 73.3 Å². The van der Waals surface area contributed by atoms with Gasteiger partial charge in [0.1, 0.15) is 5.69 Å². The van der Waals surface area contributed by atoms with Gasteiger partial charge < -0.3 is 9.13 Å². The maximum Gasteiger partial charge on any atom is 2.00 e. The van der Waals surface area contributed by atoms with Gasteiger partial charge in [0, 0.05) is 30.4 Å². The summed E-state index contributed by atoms with van der Waals surface area (Å²) in [7, 11) is 0. The maximum atomic E-state index is 9.44. The van der Waals surface area contributed by atoms with E-state index in [0.29, 0.717) is 34.3 Å². The van der Waals surface area contributed by atoms with Gasteiger partial charge in [-0.05, 0) is 13.8 Å². The van der Waals surface area contributed by atoms with Crippen LogP contribution in [0, 0.1) is 30.3 Å². The summed E-state index contributed by atoms with van der Waals surface area (Å²) in [4.78, 5) is 22.3. The smallest absolute Gasteiger partial charge is 0.429 e. The van der Waals surface area contributed by atoms with Gasteiger partial charge in [-0.2, -0.15) is 5.26 Å². The van der Waals surface area contributed by atoms with E-state index in [1.165, 1.54) is 0 Å². The first-order valence-corrected chi connectivity index (χ1v) is 11.5. The van der Waals surface area contributed by atoms with E-state index >= 15 is 0 Å². The molecule has 0 bridgehead atoms. The van der Waals surface area contributed by atoms with Crippen LogP contribution >= 0.6 is 0 Å². The van der Waals surface area contributed by atoms with E-state index in [1.807, 2.05) is 42.7 Å². The van der Waals surface area contributed by atoms with Crippen molar-refractivity contribution in [3.8, 4) is 17.7 Å². The molecule has 0 spiro atoms. The van der Waals surface area contributed by atoms with Crippen LogP contribution < -0.4 is 0 Å². The largest absolute Gasteiger partial charge is 2.00 e. The summed E-state index contributed by atoms with van der Waals surface area (Å²) >= 11 is 0. The molecule has 9 heteroatoms. The van der Waals surface area contributed by atoms with Crippen LogP contribution in [0.1, 0.15) is 30.8 Å². The number of nitriles is 1. The Kier molecular flexibility index (Phi) is 6.35. The van der Waals surface area contributed by atoms with Crippen LogP contribution in [-0.4, -0.2) is 29.1 Å². The molecule has 0 aliphatic carbocycles. The molecule has 184 valence electrons. The van der Waals surface area contributed by atoms with E-state index in [1.54, 1.807) is 53.6 Å². The Bertz CT molecular complexity index is 1760. The van der Waals surface area contributed by atoms with Crippen LogP contribution in [0.4, 0.5) is 5.69 Å². The van der Waals surface area contributed by atoms with Gasteiger partial charge in [-0.3, -0.25) is 19.9 Å². The minimum atomic E-state index is -0.628. The Morgan fingerprint density at radius 2 is 1.39 bits per heavy atom. The van der Waals surface area contributed by atoms with E-state index in [0.717, 1.165) is 21.8 Å². The minimum absolute atomic E-state index is 0. The molecule has 0 aliphatic rings. The molecular weight excluding hydrogens is 567 g/mol. The van der Waals surface area contributed by atoms with Gasteiger partial charge >= 0.3 is 20.4 Å². The monoisotopic (exact) mass is 584 g/mol. The number of benzene rings is 2. The predicted molar refractivity (Wildman–Crippen MR) is 139 cm³/mol. The molecule has 8 nitrogen and oxygen atoms in total. The van der Waals surface area contributed by atoms with Crippen molar-refractivity contribution < 1.29 is 20.4 Å². The second-order valence-electron chi connectivity index (χ2n) is 9.04. The second kappa shape index (κ2) is 9.65. The molecule has 0 atom stereocenters. The van der Waals surface area contributed by atoms with E-state index in [9.17, 15) is 5.26 Å². The molecule has 0 fully saturated rings. The molecule has 0 N–H and O–H groups in total. The molecule has 4 heterocycles. The minimum Gasteiger partial charge on any atom is -0.429 e. The van der Waals surface area contributed by atoms with Gasteiger partial charge in [-0.25, -0.2) is 4.85 Å². The van der Waals surface area contributed by atoms with Crippen molar-refractivity contribution >= 4 is 27.5 Å². The number of rotatable bonds is 4. The molecule has 0 saturated carbocycles. The van der Waals surface area contributed by atoms with Crippen molar-refractivity contribution in [2.24, 2.45) is 0 Å². The fourth-order valence-electron chi connectivity index (χ4n) is 4.42. The first-order valence-electron chi connectivity index (χ1n) is 11.5. The zero-order valence-electron chi connectivity index (χ0n) is 20.3. The van der Waals surface area contributed by atoms with E-state index in [4.69, 9.17) is 16.5 Å². The maximum absolute atomic E-state index is 9.44. The van der Waals surface area contributed by atoms with Crippen molar-refractivity contribution in [3.63, 3.8) is 0 Å². The van der Waals surface area contributed by atoms with Crippen LogP contribution in [0.5, 0.6) is 0 Å². The van der Waals surface area contributed by atoms with Crippen LogP contribution in [0.2, 0.25) is 0 Å². The summed E-state index contributed by atoms with van der Waals surface area (Å²) in [6.07, 6.45) is 13.2. The standard InChI is InChI=1S/C29H18N8.Pd/c1-29(2,25-15-32-17-27(34-25)36-12-10-20-19(14-30)6-4-8-23(20)36)26-16-33-18-28(35-26)37-13-11-21-22(31-3)7-5-9-24(21)37;/h4-11,15-18H,1-2H3;/q-2;+2. The third-order valence-electron chi connectivity index (χ3n) is 6.52. The summed E-state index contributed by atoms with van der Waals surface area (Å²) < 4.78 is 3.62. The fourth-order valence-corrected chi connectivity index (χ4v) is 4.42. The molecule has 4 aromatic heterocycles. The normalized spacial score (nSPS) is 11.2. The Labute approximate surface area is 232 Å². The van der Waals surface area contributed by atoms with Crippen LogP contribution in [-0.2, 0) is 25.8 Å². The molecule has 38 heavy (non-hydrogen) atoms. The van der Waals surface area contributed by atoms with Gasteiger partial charge in [0.2, 0.25) is 0 Å². The van der Waals surface area contributed by atoms with Crippen molar-refractivity contribution in [1.29, 1.82) is 5.26 Å². The predicted octanol–water partition coefficient (Wildman–Crippen LogP) is 5.50. The summed E-state index contributed by atoms with van der Waals surface area (Å²) in [6.45, 7) is 11.5. The van der Waals surface area contributed by atoms with Crippen molar-refractivity contribution in [1.82, 2.24) is 29.1 Å². The van der Waals surface area contributed by atoms with Gasteiger partial charge in [-0.1, -0.05) is 65.2 Å². The molecular formula is C29H18N8Pd. The van der Waals surface area contributed by atoms with E-state index in [-0.39, 0.29) is 20.4 Å². The van der Waals surface area contributed by atoms with E-state index in [2.05, 4.69) is 33.3 Å². The number of fused-ring (bicyclic) bond motifs is 2. The average Bonchev–Trinajstić information content (AvgIpc) is 3.58. The first kappa shape index (κ1) is 25.0. The quantitative estimate of drug-likeness (QED) is 0.202. The molecule has 0 aliphatic heterocycles. The average molecular weight is 585 g/mol. The molecule has 2 aromatic carbocycles. The van der Waals surface area contributed by atoms with Crippen molar-refractivity contribution in [3.05, 3.63) is 114 Å². The van der Waals surface area contributed by atoms with Crippen LogP contribution in [0.25, 0.3) is 38.3 Å². The Morgan fingerprint density at radius 1 is 0.842 bits per heavy atom. The Hall–Kier alpha value is -4.68. The van der Waals surface area contributed by atoms with Crippen molar-refractivity contribution in [2.45, 2.75) is 19.3 Å². The van der Waals surface area contributed by atoms with Gasteiger partial charge in [0.25, 0.3) is 0 Å². The van der Waals surface area contributed by atoms with Crippen molar-refractivity contribution in [2.75, 3.05) is 0 Å². The second-order valence-corrected chi connectivity index (χ2v) is 9.04. The molecule has 0 radical (unpaired) electrons. The van der Waals surface area contributed by atoms with Gasteiger partial charge in [-0.15, -0.1) is 17.5 Å². The SMILES string of the molecule is [C-]#[N+]c1cccc2c1c[c-]n2-c1cncc(C(C)(C)c2cncc(-n3[c-]cc4c(C#N)cccc43)n2)n1.[Pd+2]. The topological polar surface area (TPSA) is 89.6 Å². The van der Waals surface area contributed by atoms with Gasteiger partial charge in [0.15, 0.2) is 0 Å². The summed E-state index contributed by atoms with van der Waals surface area (Å²) in [6, 6.07) is 16.9. The Morgan fingerprint density at radius 3 is 1.97 bits per heavy atom. The molecule has 0 unspecified atom stereocenters. The Balaban J connectivity index is 0.00000294. The number of aromatic nitrogens is 6. The third kappa shape index (κ3) is 3.96. The first-order chi connectivity index (χ1) is 18.0.